The number of nitrogens with one attached hydrogen (secondary N) is 1. The fourth-order valence-corrected chi connectivity index (χ4v) is 3.42. The molecule has 0 aliphatic carbocycles. The maximum Gasteiger partial charge on any atom is 0.225 e. The first-order chi connectivity index (χ1) is 12.6. The number of para-hydroxylation sites is 1. The molecule has 5 nitrogen and oxygen atoms in total. The number of carbonyl (C=O) groups excluding carboxylic acids is 2. The van der Waals surface area contributed by atoms with Gasteiger partial charge in [-0.1, -0.05) is 48.5 Å². The number of piperidine rings is 1. The largest absolute Gasteiger partial charge is 0.369 e. The summed E-state index contributed by atoms with van der Waals surface area (Å²) in [5.74, 6) is -0.351. The van der Waals surface area contributed by atoms with Crippen molar-refractivity contribution in [1.82, 2.24) is 4.90 Å². The van der Waals surface area contributed by atoms with Gasteiger partial charge in [-0.2, -0.15) is 0 Å². The number of carbonyl (C=O) groups is 2. The third-order valence-electron chi connectivity index (χ3n) is 4.85. The predicted octanol–water partition coefficient (Wildman–Crippen LogP) is 2.88. The molecule has 0 aromatic heterocycles. The van der Waals surface area contributed by atoms with Crippen LogP contribution in [0.3, 0.4) is 0 Å². The highest BCUT2D eigenvalue weighted by Crippen LogP contribution is 2.27. The first-order valence-corrected chi connectivity index (χ1v) is 9.09. The second kappa shape index (κ2) is 8.63. The van der Waals surface area contributed by atoms with Gasteiger partial charge in [0.2, 0.25) is 11.8 Å². The van der Waals surface area contributed by atoms with E-state index in [1.807, 2.05) is 54.6 Å². The molecule has 1 heterocycles. The zero-order valence-electron chi connectivity index (χ0n) is 14.9. The average Bonchev–Trinajstić information content (AvgIpc) is 2.68. The Hall–Kier alpha value is -2.66. The molecule has 0 radical (unpaired) electrons. The van der Waals surface area contributed by atoms with Gasteiger partial charge in [0.15, 0.2) is 0 Å². The molecule has 1 atom stereocenters. The molecule has 136 valence electrons. The maximum atomic E-state index is 12.4. The van der Waals surface area contributed by atoms with Crippen molar-refractivity contribution in [1.29, 1.82) is 0 Å². The summed E-state index contributed by atoms with van der Waals surface area (Å²) in [4.78, 5) is 25.9. The summed E-state index contributed by atoms with van der Waals surface area (Å²) in [6.07, 6.45) is 2.20. The van der Waals surface area contributed by atoms with Gasteiger partial charge in [-0.25, -0.2) is 0 Å². The Morgan fingerprint density at radius 2 is 1.81 bits per heavy atom. The van der Waals surface area contributed by atoms with Crippen LogP contribution in [-0.4, -0.2) is 36.3 Å². The molecular formula is C21H25N3O2. The Labute approximate surface area is 154 Å². The van der Waals surface area contributed by atoms with Gasteiger partial charge in [-0.3, -0.25) is 9.59 Å². The zero-order chi connectivity index (χ0) is 18.4. The number of nitrogens with two attached hydrogens (primary N) is 1. The molecule has 1 saturated heterocycles. The molecule has 1 aliphatic heterocycles. The topological polar surface area (TPSA) is 75.4 Å². The summed E-state index contributed by atoms with van der Waals surface area (Å²) >= 11 is 0. The summed E-state index contributed by atoms with van der Waals surface area (Å²) < 4.78 is 0. The van der Waals surface area contributed by atoms with Crippen molar-refractivity contribution in [3.05, 3.63) is 54.6 Å². The van der Waals surface area contributed by atoms with Crippen LogP contribution in [0.15, 0.2) is 54.6 Å². The van der Waals surface area contributed by atoms with E-state index in [4.69, 9.17) is 5.73 Å². The lowest BCUT2D eigenvalue weighted by atomic mass is 9.97. The number of benzene rings is 2. The zero-order valence-corrected chi connectivity index (χ0v) is 14.9. The van der Waals surface area contributed by atoms with Crippen molar-refractivity contribution >= 4 is 17.5 Å². The number of nitrogens with zero attached hydrogens (tertiary/aromatic N) is 1. The van der Waals surface area contributed by atoms with Crippen molar-refractivity contribution in [3.63, 3.8) is 0 Å². The molecule has 0 bridgehead atoms. The van der Waals surface area contributed by atoms with E-state index in [0.717, 1.165) is 36.2 Å². The molecule has 1 fully saturated rings. The van der Waals surface area contributed by atoms with Crippen LogP contribution in [0.2, 0.25) is 0 Å². The number of amides is 2. The lowest BCUT2D eigenvalue weighted by molar-refractivity contribution is -0.123. The SMILES string of the molecule is NC(=O)[C@H]1CCCN(CCC(=O)Nc2ccccc2-c2ccccc2)C1. The van der Waals surface area contributed by atoms with E-state index < -0.39 is 0 Å². The summed E-state index contributed by atoms with van der Waals surface area (Å²) in [7, 11) is 0. The van der Waals surface area contributed by atoms with Gasteiger partial charge in [0.05, 0.1) is 5.92 Å². The van der Waals surface area contributed by atoms with Crippen molar-refractivity contribution in [2.45, 2.75) is 19.3 Å². The van der Waals surface area contributed by atoms with Gasteiger partial charge in [0.25, 0.3) is 0 Å². The highest BCUT2D eigenvalue weighted by molar-refractivity contribution is 5.95. The summed E-state index contributed by atoms with van der Waals surface area (Å²) in [6, 6.07) is 17.8. The van der Waals surface area contributed by atoms with Gasteiger partial charge in [0.1, 0.15) is 0 Å². The fraction of sp³-hybridized carbons (Fsp3) is 0.333. The van der Waals surface area contributed by atoms with Crippen molar-refractivity contribution < 1.29 is 9.59 Å². The molecular weight excluding hydrogens is 326 g/mol. The number of hydrogen-bond acceptors (Lipinski definition) is 3. The van der Waals surface area contributed by atoms with Crippen LogP contribution in [0, 0.1) is 5.92 Å². The van der Waals surface area contributed by atoms with Crippen LogP contribution in [0.1, 0.15) is 19.3 Å². The molecule has 2 aromatic rings. The molecule has 2 amide bonds. The molecule has 3 rings (SSSR count). The summed E-state index contributed by atoms with van der Waals surface area (Å²) in [6.45, 7) is 2.21. The molecule has 3 N–H and O–H groups in total. The Morgan fingerprint density at radius 1 is 1.08 bits per heavy atom. The van der Waals surface area contributed by atoms with E-state index >= 15 is 0 Å². The van der Waals surface area contributed by atoms with Crippen LogP contribution in [0.4, 0.5) is 5.69 Å². The predicted molar refractivity (Wildman–Crippen MR) is 103 cm³/mol. The van der Waals surface area contributed by atoms with Crippen LogP contribution < -0.4 is 11.1 Å². The van der Waals surface area contributed by atoms with Crippen molar-refractivity contribution in [3.8, 4) is 11.1 Å². The Bertz CT molecular complexity index is 761. The minimum Gasteiger partial charge on any atom is -0.369 e. The highest BCUT2D eigenvalue weighted by Gasteiger charge is 2.24. The van der Waals surface area contributed by atoms with Crippen LogP contribution in [0.25, 0.3) is 11.1 Å². The molecule has 0 unspecified atom stereocenters. The normalized spacial score (nSPS) is 17.6. The van der Waals surface area contributed by atoms with E-state index in [9.17, 15) is 9.59 Å². The van der Waals surface area contributed by atoms with E-state index in [1.54, 1.807) is 0 Å². The van der Waals surface area contributed by atoms with Gasteiger partial charge >= 0.3 is 0 Å². The smallest absolute Gasteiger partial charge is 0.225 e. The Kier molecular flexibility index (Phi) is 6.02. The Balaban J connectivity index is 1.58. The number of likely N-dealkylation sites (tertiary alicyclic amines) is 1. The van der Waals surface area contributed by atoms with Crippen LogP contribution in [0.5, 0.6) is 0 Å². The molecule has 26 heavy (non-hydrogen) atoms. The molecule has 0 spiro atoms. The van der Waals surface area contributed by atoms with E-state index in [1.165, 1.54) is 0 Å². The number of primary amides is 1. The van der Waals surface area contributed by atoms with Gasteiger partial charge < -0.3 is 16.0 Å². The van der Waals surface area contributed by atoms with Gasteiger partial charge in [-0.15, -0.1) is 0 Å². The van der Waals surface area contributed by atoms with Gasteiger partial charge in [-0.05, 0) is 31.0 Å². The van der Waals surface area contributed by atoms with Crippen molar-refractivity contribution in [2.75, 3.05) is 25.0 Å². The average molecular weight is 351 g/mol. The highest BCUT2D eigenvalue weighted by atomic mass is 16.2. The standard InChI is InChI=1S/C21H25N3O2/c22-21(26)17-9-6-13-24(15-17)14-12-20(25)23-19-11-5-4-10-18(19)16-7-2-1-3-8-16/h1-5,7-8,10-11,17H,6,9,12-15H2,(H2,22,26)(H,23,25)/t17-/m0/s1. The molecule has 0 saturated carbocycles. The number of anilines is 1. The van der Waals surface area contributed by atoms with Crippen molar-refractivity contribution in [2.24, 2.45) is 11.7 Å². The molecule has 2 aromatic carbocycles. The lowest BCUT2D eigenvalue weighted by Gasteiger charge is -2.30. The monoisotopic (exact) mass is 351 g/mol. The minimum absolute atomic E-state index is 0.0189. The lowest BCUT2D eigenvalue weighted by Crippen LogP contribution is -2.42. The summed E-state index contributed by atoms with van der Waals surface area (Å²) in [5, 5.41) is 3.03. The molecule has 1 aliphatic rings. The number of rotatable bonds is 6. The number of hydrogen-bond donors (Lipinski definition) is 2. The van der Waals surface area contributed by atoms with Gasteiger partial charge in [0, 0.05) is 30.8 Å². The third kappa shape index (κ3) is 4.70. The van der Waals surface area contributed by atoms with Crippen LogP contribution >= 0.6 is 0 Å². The second-order valence-electron chi connectivity index (χ2n) is 6.75. The van der Waals surface area contributed by atoms with Crippen LogP contribution in [-0.2, 0) is 9.59 Å². The first-order valence-electron chi connectivity index (χ1n) is 9.09. The van der Waals surface area contributed by atoms with E-state index in [2.05, 4.69) is 10.2 Å². The quantitative estimate of drug-likeness (QED) is 0.840. The van der Waals surface area contributed by atoms with E-state index in [0.29, 0.717) is 19.5 Å². The van der Waals surface area contributed by atoms with E-state index in [-0.39, 0.29) is 17.7 Å². The summed E-state index contributed by atoms with van der Waals surface area (Å²) in [5.41, 5.74) is 8.31. The molecule has 5 heteroatoms. The maximum absolute atomic E-state index is 12.4. The Morgan fingerprint density at radius 3 is 2.58 bits per heavy atom. The second-order valence-corrected chi connectivity index (χ2v) is 6.75. The third-order valence-corrected chi connectivity index (χ3v) is 4.85. The fourth-order valence-electron chi connectivity index (χ4n) is 3.42. The first kappa shape index (κ1) is 18.1. The minimum atomic E-state index is -0.240.